The van der Waals surface area contributed by atoms with Crippen LogP contribution in [0.1, 0.15) is 44.9 Å². The van der Waals surface area contributed by atoms with Gasteiger partial charge in [0.05, 0.1) is 25.2 Å². The molecule has 4 rings (SSSR count). The number of nitrogens with two attached hydrogens (primary N) is 1. The van der Waals surface area contributed by atoms with Crippen LogP contribution in [0.25, 0.3) is 0 Å². The van der Waals surface area contributed by atoms with Crippen LogP contribution < -0.4 is 11.1 Å². The van der Waals surface area contributed by atoms with Crippen molar-refractivity contribution in [3.05, 3.63) is 5.82 Å². The number of nitrogens with one attached hydrogen (secondary N) is 2. The van der Waals surface area contributed by atoms with Gasteiger partial charge >= 0.3 is 0 Å². The molecular formula is C21H35N7O5. The molecule has 5 N–H and O–H groups in total. The molecule has 2 amide bonds. The molecule has 3 heterocycles. The number of H-pyrrole nitrogens is 1. The number of nitrogen functional groups attached to an aromatic ring is 1. The van der Waals surface area contributed by atoms with Crippen molar-refractivity contribution in [2.45, 2.75) is 51.6 Å². The summed E-state index contributed by atoms with van der Waals surface area (Å²) in [6.45, 7) is 6.62. The average Bonchev–Trinajstić information content (AvgIpc) is 3.27. The Labute approximate surface area is 193 Å². The number of likely N-dealkylation sites (tertiary alicyclic amines) is 1. The largest absolute Gasteiger partial charge is 0.483 e. The number of piperidine rings is 1. The third-order valence-corrected chi connectivity index (χ3v) is 7.12. The van der Waals surface area contributed by atoms with E-state index in [0.29, 0.717) is 24.8 Å². The van der Waals surface area contributed by atoms with Gasteiger partial charge < -0.3 is 25.8 Å². The maximum Gasteiger partial charge on any atom is 0.290 e. The van der Waals surface area contributed by atoms with Crippen molar-refractivity contribution < 1.29 is 24.2 Å². The highest BCUT2D eigenvalue weighted by Crippen LogP contribution is 2.48. The molecule has 12 heteroatoms. The molecule has 0 aromatic carbocycles. The number of morpholine rings is 1. The van der Waals surface area contributed by atoms with Gasteiger partial charge in [0.2, 0.25) is 17.8 Å². The smallest absolute Gasteiger partial charge is 0.290 e. The Morgan fingerprint density at radius 1 is 1.33 bits per heavy atom. The second-order valence-corrected chi connectivity index (χ2v) is 8.82. The number of aromatic amines is 1. The molecule has 2 aliphatic heterocycles. The predicted octanol–water partition coefficient (Wildman–Crippen LogP) is -0.166. The Hall–Kier alpha value is -2.73. The minimum atomic E-state index is -0.544. The van der Waals surface area contributed by atoms with E-state index in [1.165, 1.54) is 0 Å². The monoisotopic (exact) mass is 465 g/mol. The Bertz CT molecular complexity index is 813. The van der Waals surface area contributed by atoms with Gasteiger partial charge in [0.15, 0.2) is 0 Å². The van der Waals surface area contributed by atoms with E-state index in [2.05, 4.69) is 25.4 Å². The van der Waals surface area contributed by atoms with Crippen LogP contribution >= 0.6 is 0 Å². The number of carbonyl (C=O) groups is 3. The summed E-state index contributed by atoms with van der Waals surface area (Å²) in [5.41, 5.74) is 5.02. The molecule has 33 heavy (non-hydrogen) atoms. The summed E-state index contributed by atoms with van der Waals surface area (Å²) in [5.74, 6) is 1.10. The first-order valence-corrected chi connectivity index (χ1v) is 11.6. The third kappa shape index (κ3) is 5.80. The zero-order chi connectivity index (χ0) is 23.8. The van der Waals surface area contributed by atoms with E-state index >= 15 is 0 Å². The van der Waals surface area contributed by atoms with E-state index in [-0.39, 0.29) is 36.7 Å². The van der Waals surface area contributed by atoms with Gasteiger partial charge in [-0.15, -0.1) is 5.10 Å². The maximum atomic E-state index is 13.5. The molecule has 2 saturated heterocycles. The van der Waals surface area contributed by atoms with Crippen molar-refractivity contribution in [1.82, 2.24) is 30.3 Å². The molecular weight excluding hydrogens is 430 g/mol. The molecule has 1 aromatic rings. The van der Waals surface area contributed by atoms with E-state index in [4.69, 9.17) is 20.4 Å². The topological polar surface area (TPSA) is 167 Å². The van der Waals surface area contributed by atoms with E-state index in [9.17, 15) is 9.59 Å². The molecule has 1 aromatic heterocycles. The zero-order valence-electron chi connectivity index (χ0n) is 19.2. The number of carboxylic acid groups (broad SMARTS) is 1. The molecule has 184 valence electrons. The molecule has 0 radical (unpaired) electrons. The number of hydrogen-bond acceptors (Lipinski definition) is 8. The average molecular weight is 466 g/mol. The predicted molar refractivity (Wildman–Crippen MR) is 119 cm³/mol. The number of nitrogens with zero attached hydrogens (tertiary/aromatic N) is 4. The van der Waals surface area contributed by atoms with Crippen molar-refractivity contribution in [1.29, 1.82) is 0 Å². The van der Waals surface area contributed by atoms with Crippen molar-refractivity contribution >= 4 is 24.2 Å². The van der Waals surface area contributed by atoms with E-state index < -0.39 is 5.41 Å². The molecule has 0 unspecified atom stereocenters. The van der Waals surface area contributed by atoms with Crippen LogP contribution in [0, 0.1) is 11.3 Å². The van der Waals surface area contributed by atoms with Gasteiger partial charge in [0.25, 0.3) is 6.47 Å². The summed E-state index contributed by atoms with van der Waals surface area (Å²) < 4.78 is 5.51. The number of rotatable bonds is 5. The normalized spacial score (nSPS) is 27.6. The van der Waals surface area contributed by atoms with E-state index in [1.807, 2.05) is 11.8 Å². The number of ether oxygens (including phenoxy) is 1. The molecule has 0 bridgehead atoms. The lowest BCUT2D eigenvalue weighted by molar-refractivity contribution is -0.151. The molecule has 1 aliphatic carbocycles. The van der Waals surface area contributed by atoms with Crippen LogP contribution in [0.2, 0.25) is 0 Å². The van der Waals surface area contributed by atoms with Crippen molar-refractivity contribution in [3.8, 4) is 0 Å². The number of hydrogen-bond donors (Lipinski definition) is 4. The summed E-state index contributed by atoms with van der Waals surface area (Å²) in [6, 6.07) is 0.488. The minimum absolute atomic E-state index is 0.0106. The number of anilines is 1. The number of fused-ring (bicyclic) bond motifs is 1. The van der Waals surface area contributed by atoms with Crippen LogP contribution in [0.3, 0.4) is 0 Å². The zero-order valence-corrected chi connectivity index (χ0v) is 19.2. The Morgan fingerprint density at radius 2 is 2.06 bits per heavy atom. The first-order valence-electron chi connectivity index (χ1n) is 11.6. The lowest BCUT2D eigenvalue weighted by Gasteiger charge is -2.53. The van der Waals surface area contributed by atoms with Crippen LogP contribution in [-0.4, -0.2) is 93.8 Å². The van der Waals surface area contributed by atoms with Crippen molar-refractivity contribution in [3.63, 3.8) is 0 Å². The van der Waals surface area contributed by atoms with Crippen LogP contribution in [0.15, 0.2) is 0 Å². The second-order valence-electron chi connectivity index (χ2n) is 8.82. The quantitative estimate of drug-likeness (QED) is 0.432. The lowest BCUT2D eigenvalue weighted by atomic mass is 9.60. The molecule has 3 aliphatic rings. The van der Waals surface area contributed by atoms with Crippen LogP contribution in [-0.2, 0) is 25.7 Å². The number of aromatic nitrogens is 3. The summed E-state index contributed by atoms with van der Waals surface area (Å²) in [4.78, 5) is 42.8. The van der Waals surface area contributed by atoms with Gasteiger partial charge in [-0.2, -0.15) is 4.98 Å². The highest BCUT2D eigenvalue weighted by Gasteiger charge is 2.53. The van der Waals surface area contributed by atoms with E-state index in [0.717, 1.165) is 58.5 Å². The number of carbonyl (C=O) groups excluding carboxylic acids is 2. The standard InChI is InChI=1S/C20H33N7O3.CH2O2/c1-2-17(28)27-6-4-14-11-15(26-7-9-30-10-8-26)3-5-20(14,13-27)18(29)22-12-16-23-19(21)25-24-16;2-1-3/h14-15H,2-13H2,1H3,(H,22,29)(H3,21,23,24,25);1H,(H,2,3)/t14-,15+,20-;/m1./s1. The molecule has 3 atom stereocenters. The van der Waals surface area contributed by atoms with Gasteiger partial charge in [-0.3, -0.25) is 24.4 Å². The maximum absolute atomic E-state index is 13.5. The van der Waals surface area contributed by atoms with Crippen molar-refractivity contribution in [2.24, 2.45) is 11.3 Å². The van der Waals surface area contributed by atoms with Gasteiger partial charge in [-0.1, -0.05) is 6.92 Å². The molecule has 12 nitrogen and oxygen atoms in total. The van der Waals surface area contributed by atoms with Gasteiger partial charge in [-0.05, 0) is 31.6 Å². The first-order chi connectivity index (χ1) is 15.9. The fourth-order valence-electron chi connectivity index (χ4n) is 5.44. The Balaban J connectivity index is 0.000000968. The summed E-state index contributed by atoms with van der Waals surface area (Å²) >= 11 is 0. The third-order valence-electron chi connectivity index (χ3n) is 7.12. The minimum Gasteiger partial charge on any atom is -0.483 e. The Kier molecular flexibility index (Phi) is 8.61. The molecule has 3 fully saturated rings. The Morgan fingerprint density at radius 3 is 2.70 bits per heavy atom. The van der Waals surface area contributed by atoms with E-state index in [1.54, 1.807) is 0 Å². The highest BCUT2D eigenvalue weighted by molar-refractivity contribution is 5.85. The second kappa shape index (κ2) is 11.4. The highest BCUT2D eigenvalue weighted by atomic mass is 16.5. The lowest BCUT2D eigenvalue weighted by Crippen LogP contribution is -2.61. The van der Waals surface area contributed by atoms with Crippen LogP contribution in [0.5, 0.6) is 0 Å². The van der Waals surface area contributed by atoms with Crippen LogP contribution in [0.4, 0.5) is 5.95 Å². The van der Waals surface area contributed by atoms with Gasteiger partial charge in [-0.25, -0.2) is 0 Å². The first kappa shape index (κ1) is 24.9. The van der Waals surface area contributed by atoms with Crippen molar-refractivity contribution in [2.75, 3.05) is 45.1 Å². The SMILES string of the molecule is CCC(=O)N1CC[C@@H]2C[C@@H](N3CCOCC3)CC[C@@]2(C(=O)NCc2nc(N)n[nH]2)C1.O=CO. The van der Waals surface area contributed by atoms with Gasteiger partial charge in [0, 0.05) is 38.6 Å². The summed E-state index contributed by atoms with van der Waals surface area (Å²) in [6.07, 6.45) is 4.09. The fourth-order valence-corrected chi connectivity index (χ4v) is 5.44. The van der Waals surface area contributed by atoms with Gasteiger partial charge in [0.1, 0.15) is 5.82 Å². The fraction of sp³-hybridized carbons (Fsp3) is 0.762. The summed E-state index contributed by atoms with van der Waals surface area (Å²) in [7, 11) is 0. The summed E-state index contributed by atoms with van der Waals surface area (Å²) in [5, 5.41) is 16.5. The molecule has 0 spiro atoms. The number of amides is 2. The molecule has 1 saturated carbocycles.